The molecule has 1 aliphatic heterocycles. The SMILES string of the molecule is COc1c(NCC2CCCN(C)C2)cc(OC)c2nc(C)ccc12. The van der Waals surface area contributed by atoms with E-state index in [0.29, 0.717) is 5.92 Å². The largest absolute Gasteiger partial charge is 0.494 e. The Balaban J connectivity index is 1.90. The second kappa shape index (κ2) is 7.26. The zero-order valence-corrected chi connectivity index (χ0v) is 15.1. The van der Waals surface area contributed by atoms with Gasteiger partial charge in [-0.15, -0.1) is 0 Å². The maximum atomic E-state index is 5.69. The fraction of sp³-hybridized carbons (Fsp3) is 0.526. The number of benzene rings is 1. The van der Waals surface area contributed by atoms with Gasteiger partial charge in [0.2, 0.25) is 0 Å². The van der Waals surface area contributed by atoms with Crippen LogP contribution in [0.3, 0.4) is 0 Å². The number of hydrogen-bond acceptors (Lipinski definition) is 5. The van der Waals surface area contributed by atoms with E-state index in [0.717, 1.165) is 46.9 Å². The van der Waals surface area contributed by atoms with Crippen LogP contribution in [0.1, 0.15) is 18.5 Å². The molecule has 1 saturated heterocycles. The Morgan fingerprint density at radius 2 is 2.12 bits per heavy atom. The zero-order chi connectivity index (χ0) is 17.1. The van der Waals surface area contributed by atoms with E-state index >= 15 is 0 Å². The summed E-state index contributed by atoms with van der Waals surface area (Å²) < 4.78 is 11.3. The van der Waals surface area contributed by atoms with Crippen LogP contribution >= 0.6 is 0 Å². The number of anilines is 1. The van der Waals surface area contributed by atoms with Crippen molar-refractivity contribution in [1.29, 1.82) is 0 Å². The van der Waals surface area contributed by atoms with Crippen molar-refractivity contribution >= 4 is 16.6 Å². The van der Waals surface area contributed by atoms with Gasteiger partial charge in [0.25, 0.3) is 0 Å². The molecule has 5 heteroatoms. The number of methoxy groups -OCH3 is 2. The van der Waals surface area contributed by atoms with Gasteiger partial charge in [-0.05, 0) is 51.4 Å². The molecule has 2 heterocycles. The van der Waals surface area contributed by atoms with Gasteiger partial charge in [-0.1, -0.05) is 0 Å². The van der Waals surface area contributed by atoms with Crippen LogP contribution in [-0.2, 0) is 0 Å². The average Bonchev–Trinajstić information content (AvgIpc) is 2.59. The summed E-state index contributed by atoms with van der Waals surface area (Å²) in [5.41, 5.74) is 2.78. The molecule has 1 N–H and O–H groups in total. The van der Waals surface area contributed by atoms with Crippen molar-refractivity contribution in [3.05, 3.63) is 23.9 Å². The van der Waals surface area contributed by atoms with Crippen molar-refractivity contribution in [3.8, 4) is 11.5 Å². The first-order valence-corrected chi connectivity index (χ1v) is 8.57. The Kier molecular flexibility index (Phi) is 5.09. The van der Waals surface area contributed by atoms with Gasteiger partial charge in [-0.3, -0.25) is 0 Å². The third-order valence-corrected chi connectivity index (χ3v) is 4.76. The first-order valence-electron chi connectivity index (χ1n) is 8.57. The van der Waals surface area contributed by atoms with Crippen molar-refractivity contribution in [2.75, 3.05) is 46.2 Å². The Hall–Kier alpha value is -2.01. The maximum absolute atomic E-state index is 5.69. The van der Waals surface area contributed by atoms with Gasteiger partial charge in [-0.2, -0.15) is 0 Å². The summed E-state index contributed by atoms with van der Waals surface area (Å²) in [6.07, 6.45) is 2.54. The van der Waals surface area contributed by atoms with Crippen LogP contribution in [0.2, 0.25) is 0 Å². The Morgan fingerprint density at radius 1 is 1.29 bits per heavy atom. The summed E-state index contributed by atoms with van der Waals surface area (Å²) in [6, 6.07) is 6.06. The van der Waals surface area contributed by atoms with Gasteiger partial charge in [0.1, 0.15) is 11.3 Å². The summed E-state index contributed by atoms with van der Waals surface area (Å²) in [5, 5.41) is 4.55. The molecular formula is C19H27N3O2. The molecule has 1 atom stereocenters. The molecule has 1 aromatic heterocycles. The minimum Gasteiger partial charge on any atom is -0.494 e. The first-order chi connectivity index (χ1) is 11.6. The normalized spacial score (nSPS) is 18.6. The number of hydrogen-bond donors (Lipinski definition) is 1. The third kappa shape index (κ3) is 3.41. The summed E-state index contributed by atoms with van der Waals surface area (Å²) in [6.45, 7) is 5.27. The van der Waals surface area contributed by atoms with Gasteiger partial charge in [0, 0.05) is 30.2 Å². The number of piperidine rings is 1. The van der Waals surface area contributed by atoms with Crippen molar-refractivity contribution in [1.82, 2.24) is 9.88 Å². The lowest BCUT2D eigenvalue weighted by Crippen LogP contribution is -2.35. The van der Waals surface area contributed by atoms with E-state index in [1.54, 1.807) is 14.2 Å². The molecule has 1 unspecified atom stereocenters. The molecule has 2 aromatic rings. The van der Waals surface area contributed by atoms with E-state index < -0.39 is 0 Å². The minimum absolute atomic E-state index is 0.659. The maximum Gasteiger partial charge on any atom is 0.151 e. The topological polar surface area (TPSA) is 46.6 Å². The average molecular weight is 329 g/mol. The lowest BCUT2D eigenvalue weighted by Gasteiger charge is -2.30. The van der Waals surface area contributed by atoms with Gasteiger partial charge in [-0.25, -0.2) is 4.98 Å². The van der Waals surface area contributed by atoms with E-state index in [1.807, 2.05) is 19.1 Å². The zero-order valence-electron chi connectivity index (χ0n) is 15.1. The lowest BCUT2D eigenvalue weighted by molar-refractivity contribution is 0.217. The van der Waals surface area contributed by atoms with Crippen molar-refractivity contribution in [2.45, 2.75) is 19.8 Å². The molecular weight excluding hydrogens is 302 g/mol. The molecule has 1 fully saturated rings. The number of ether oxygens (including phenoxy) is 2. The molecule has 24 heavy (non-hydrogen) atoms. The Bertz CT molecular complexity index is 717. The Labute approximate surface area is 144 Å². The lowest BCUT2D eigenvalue weighted by atomic mass is 9.98. The molecule has 1 aromatic carbocycles. The molecule has 0 aliphatic carbocycles. The molecule has 1 aliphatic rings. The molecule has 130 valence electrons. The van der Waals surface area contributed by atoms with Crippen molar-refractivity contribution < 1.29 is 9.47 Å². The monoisotopic (exact) mass is 329 g/mol. The van der Waals surface area contributed by atoms with E-state index in [4.69, 9.17) is 9.47 Å². The number of likely N-dealkylation sites (tertiary alicyclic amines) is 1. The highest BCUT2D eigenvalue weighted by Crippen LogP contribution is 2.39. The third-order valence-electron chi connectivity index (χ3n) is 4.76. The van der Waals surface area contributed by atoms with Crippen LogP contribution in [0.25, 0.3) is 10.9 Å². The number of rotatable bonds is 5. The van der Waals surface area contributed by atoms with Gasteiger partial charge in [0.15, 0.2) is 5.75 Å². The number of pyridine rings is 1. The molecule has 0 spiro atoms. The minimum atomic E-state index is 0.659. The van der Waals surface area contributed by atoms with Gasteiger partial charge >= 0.3 is 0 Å². The molecule has 0 bridgehead atoms. The van der Waals surface area contributed by atoms with E-state index in [9.17, 15) is 0 Å². The van der Waals surface area contributed by atoms with Crippen LogP contribution < -0.4 is 14.8 Å². The number of aromatic nitrogens is 1. The van der Waals surface area contributed by atoms with Gasteiger partial charge in [0.05, 0.1) is 19.9 Å². The van der Waals surface area contributed by atoms with Crippen molar-refractivity contribution in [3.63, 3.8) is 0 Å². The molecule has 3 rings (SSSR count). The number of nitrogens with one attached hydrogen (secondary N) is 1. The molecule has 0 radical (unpaired) electrons. The van der Waals surface area contributed by atoms with Crippen LogP contribution in [0.4, 0.5) is 5.69 Å². The number of fused-ring (bicyclic) bond motifs is 1. The molecule has 0 saturated carbocycles. The van der Waals surface area contributed by atoms with Crippen LogP contribution in [-0.4, -0.2) is 50.8 Å². The Morgan fingerprint density at radius 3 is 2.83 bits per heavy atom. The van der Waals surface area contributed by atoms with Crippen LogP contribution in [0.5, 0.6) is 11.5 Å². The summed E-state index contributed by atoms with van der Waals surface area (Å²) in [4.78, 5) is 7.02. The first kappa shape index (κ1) is 16.8. The van der Waals surface area contributed by atoms with E-state index in [2.05, 4.69) is 28.3 Å². The highest BCUT2D eigenvalue weighted by atomic mass is 16.5. The van der Waals surface area contributed by atoms with E-state index in [-0.39, 0.29) is 0 Å². The highest BCUT2D eigenvalue weighted by Gasteiger charge is 2.19. The molecule has 5 nitrogen and oxygen atoms in total. The second-order valence-electron chi connectivity index (χ2n) is 6.66. The highest BCUT2D eigenvalue weighted by molar-refractivity contribution is 5.95. The quantitative estimate of drug-likeness (QED) is 0.912. The fourth-order valence-electron chi connectivity index (χ4n) is 3.54. The van der Waals surface area contributed by atoms with Crippen LogP contribution in [0.15, 0.2) is 18.2 Å². The standard InChI is InChI=1S/C19H27N3O2/c1-13-7-8-15-18(21-13)17(23-3)10-16(19(15)24-4)20-11-14-6-5-9-22(2)12-14/h7-8,10,14,20H,5-6,9,11-12H2,1-4H3. The van der Waals surface area contributed by atoms with Crippen molar-refractivity contribution in [2.24, 2.45) is 5.92 Å². The summed E-state index contributed by atoms with van der Waals surface area (Å²) in [7, 11) is 5.59. The van der Waals surface area contributed by atoms with Crippen LogP contribution in [0, 0.1) is 12.8 Å². The molecule has 0 amide bonds. The summed E-state index contributed by atoms with van der Waals surface area (Å²) >= 11 is 0. The smallest absolute Gasteiger partial charge is 0.151 e. The fourth-order valence-corrected chi connectivity index (χ4v) is 3.54. The number of nitrogens with zero attached hydrogens (tertiary/aromatic N) is 2. The van der Waals surface area contributed by atoms with E-state index in [1.165, 1.54) is 19.4 Å². The number of aryl methyl sites for hydroxylation is 1. The predicted octanol–water partition coefficient (Wildman–Crippen LogP) is 3.31. The summed E-state index contributed by atoms with van der Waals surface area (Å²) in [5.74, 6) is 2.27. The van der Waals surface area contributed by atoms with Gasteiger partial charge < -0.3 is 19.7 Å². The second-order valence-corrected chi connectivity index (χ2v) is 6.66. The predicted molar refractivity (Wildman–Crippen MR) is 98.3 cm³/mol.